The molecule has 1 amide bonds. The number of halogens is 3. The van der Waals surface area contributed by atoms with Crippen LogP contribution in [-0.2, 0) is 22.6 Å². The summed E-state index contributed by atoms with van der Waals surface area (Å²) in [6.45, 7) is 5.96. The fraction of sp³-hybridized carbons (Fsp3) is 0.405. The van der Waals surface area contributed by atoms with Crippen LogP contribution in [-0.4, -0.2) is 45.6 Å². The number of hydrogen-bond donors (Lipinski definition) is 1. The van der Waals surface area contributed by atoms with E-state index in [9.17, 15) is 10.1 Å². The van der Waals surface area contributed by atoms with Crippen molar-refractivity contribution in [3.8, 4) is 17.2 Å². The van der Waals surface area contributed by atoms with E-state index in [0.717, 1.165) is 53.7 Å². The third-order valence-electron chi connectivity index (χ3n) is 11.9. The lowest BCUT2D eigenvalue weighted by Crippen LogP contribution is -2.41. The maximum atomic E-state index is 17.2. The van der Waals surface area contributed by atoms with E-state index in [0.29, 0.717) is 59.0 Å². The molecular formula is C42H40Cl2FN5O2. The normalized spacial score (nSPS) is 23.8. The minimum atomic E-state index is -0.473. The minimum Gasteiger partial charge on any atom is -0.372 e. The molecule has 10 heteroatoms. The number of ether oxygens (including phenoxy) is 1. The molecule has 52 heavy (non-hydrogen) atoms. The quantitative estimate of drug-likeness (QED) is 0.163. The van der Waals surface area contributed by atoms with Crippen LogP contribution in [0.25, 0.3) is 32.9 Å². The van der Waals surface area contributed by atoms with Gasteiger partial charge in [-0.1, -0.05) is 65.2 Å². The second kappa shape index (κ2) is 13.1. The topological polar surface area (TPSA) is 83.2 Å². The Morgan fingerprint density at radius 2 is 1.90 bits per heavy atom. The zero-order valence-corrected chi connectivity index (χ0v) is 30.8. The molecule has 5 aliphatic rings. The number of aryl methyl sites for hydroxylation is 3. The second-order valence-corrected chi connectivity index (χ2v) is 16.0. The van der Waals surface area contributed by atoms with Gasteiger partial charge in [0, 0.05) is 71.2 Å². The molecule has 5 aromatic rings. The summed E-state index contributed by atoms with van der Waals surface area (Å²) in [6.07, 6.45) is 4.05. The van der Waals surface area contributed by atoms with Gasteiger partial charge in [-0.05, 0) is 74.8 Å². The van der Waals surface area contributed by atoms with Crippen LogP contribution in [0.4, 0.5) is 4.39 Å². The number of nitrogens with zero attached hydrogens (tertiary/aromatic N) is 4. The maximum absolute atomic E-state index is 17.2. The highest BCUT2D eigenvalue weighted by molar-refractivity contribution is 6.43. The highest BCUT2D eigenvalue weighted by Crippen LogP contribution is 2.51. The summed E-state index contributed by atoms with van der Waals surface area (Å²) < 4.78 is 26.2. The Balaban J connectivity index is 1.22. The molecule has 2 aromatic heterocycles. The molecule has 2 aliphatic carbocycles. The summed E-state index contributed by atoms with van der Waals surface area (Å²) in [5.41, 5.74) is 6.79. The van der Waals surface area contributed by atoms with Gasteiger partial charge in [0.2, 0.25) is 5.91 Å². The fourth-order valence-electron chi connectivity index (χ4n) is 9.00. The van der Waals surface area contributed by atoms with Crippen LogP contribution < -0.4 is 5.32 Å². The van der Waals surface area contributed by atoms with E-state index >= 15 is 4.39 Å². The molecule has 0 spiro atoms. The van der Waals surface area contributed by atoms with Crippen LogP contribution in [0.3, 0.4) is 0 Å². The molecule has 3 saturated heterocycles. The van der Waals surface area contributed by atoms with Crippen molar-refractivity contribution in [1.82, 2.24) is 19.8 Å². The molecule has 5 heterocycles. The molecule has 2 saturated carbocycles. The zero-order chi connectivity index (χ0) is 35.8. The van der Waals surface area contributed by atoms with Gasteiger partial charge in [0.25, 0.3) is 0 Å². The number of carbonyl (C=O) groups is 1. The van der Waals surface area contributed by atoms with E-state index in [1.54, 1.807) is 18.2 Å². The molecule has 1 N–H and O–H groups in total. The van der Waals surface area contributed by atoms with Crippen molar-refractivity contribution in [2.24, 2.45) is 11.8 Å². The zero-order valence-electron chi connectivity index (χ0n) is 29.3. The van der Waals surface area contributed by atoms with Crippen LogP contribution in [0.5, 0.6) is 0 Å². The average Bonchev–Trinajstić information content (AvgIpc) is 3.43. The van der Waals surface area contributed by atoms with Gasteiger partial charge in [0.1, 0.15) is 5.52 Å². The highest BCUT2D eigenvalue weighted by Gasteiger charge is 2.51. The van der Waals surface area contributed by atoms with Crippen LogP contribution in [0.15, 0.2) is 54.6 Å². The number of amides is 1. The van der Waals surface area contributed by atoms with E-state index in [1.807, 2.05) is 13.0 Å². The van der Waals surface area contributed by atoms with Gasteiger partial charge in [0.05, 0.1) is 46.4 Å². The van der Waals surface area contributed by atoms with Gasteiger partial charge in [0.15, 0.2) is 5.82 Å². The van der Waals surface area contributed by atoms with Crippen LogP contribution >= 0.6 is 23.2 Å². The lowest BCUT2D eigenvalue weighted by molar-refractivity contribution is -0.134. The Morgan fingerprint density at radius 1 is 1.10 bits per heavy atom. The standard InChI is InChI=1S/C42H40Cl2FN5O2/c1-22-8-10-24(11-9-22)21-52-28-17-34(49(20-28)42(51)25-12-13-25)35-18-30-23(2)48-39-31(41(30)50(35)40-27-16-33(40)47-19-27)15-26(5-4-14-46)36(38(39)45)29-6-3-7-32(43)37(29)44/h3,6-11,15,18,25,27-28,33-34,40,47H,4-5,12-13,16-17,19-21H2,1-2H3/t27-,28+,33-,34-,40+/m1/s1. The molecule has 266 valence electrons. The van der Waals surface area contributed by atoms with Gasteiger partial charge in [-0.2, -0.15) is 5.26 Å². The van der Waals surface area contributed by atoms with Crippen molar-refractivity contribution in [3.05, 3.63) is 98.5 Å². The van der Waals surface area contributed by atoms with E-state index in [2.05, 4.69) is 58.1 Å². The largest absolute Gasteiger partial charge is 0.372 e. The molecule has 7 nitrogen and oxygen atoms in total. The first kappa shape index (κ1) is 33.8. The van der Waals surface area contributed by atoms with Crippen LogP contribution in [0, 0.1) is 42.8 Å². The number of nitriles is 1. The van der Waals surface area contributed by atoms with E-state index in [-0.39, 0.29) is 53.0 Å². The maximum Gasteiger partial charge on any atom is 0.226 e. The summed E-state index contributed by atoms with van der Waals surface area (Å²) in [7, 11) is 0. The summed E-state index contributed by atoms with van der Waals surface area (Å²) in [5, 5.41) is 15.6. The SMILES string of the molecule is Cc1ccc(CO[C@H]2C[C@H](c3cc4c(C)nc5c(F)c(-c6cccc(Cl)c6Cl)c(CCC#N)cc5c4n3[C@H]3[C@H]4CN[C@@H]3C4)N(C(=O)C3CC3)C2)cc1. The lowest BCUT2D eigenvalue weighted by Gasteiger charge is -2.39. The number of fused-ring (bicyclic) bond motifs is 4. The first-order valence-electron chi connectivity index (χ1n) is 18.4. The molecule has 0 unspecified atom stereocenters. The van der Waals surface area contributed by atoms with Crippen molar-refractivity contribution < 1.29 is 13.9 Å². The predicted molar refractivity (Wildman–Crippen MR) is 202 cm³/mol. The molecule has 3 aromatic carbocycles. The number of pyridine rings is 1. The third-order valence-corrected chi connectivity index (χ3v) is 12.7. The van der Waals surface area contributed by atoms with E-state index < -0.39 is 5.82 Å². The fourth-order valence-corrected chi connectivity index (χ4v) is 9.40. The number of aromatic nitrogens is 2. The summed E-state index contributed by atoms with van der Waals surface area (Å²) >= 11 is 13.1. The van der Waals surface area contributed by atoms with Gasteiger partial charge in [-0.3, -0.25) is 4.79 Å². The van der Waals surface area contributed by atoms with Crippen LogP contribution in [0.2, 0.25) is 10.0 Å². The van der Waals surface area contributed by atoms with E-state index in [4.69, 9.17) is 32.9 Å². The van der Waals surface area contributed by atoms with Crippen molar-refractivity contribution in [3.63, 3.8) is 0 Å². The Labute approximate surface area is 312 Å². The lowest BCUT2D eigenvalue weighted by atomic mass is 9.79. The number of benzene rings is 3. The molecule has 0 radical (unpaired) electrons. The third kappa shape index (κ3) is 5.60. The Kier molecular flexibility index (Phi) is 8.54. The molecule has 5 fully saturated rings. The molecule has 5 atom stereocenters. The highest BCUT2D eigenvalue weighted by atomic mass is 35.5. The summed E-state index contributed by atoms with van der Waals surface area (Å²) in [6, 6.07) is 20.3. The van der Waals surface area contributed by atoms with Gasteiger partial charge in [-0.25, -0.2) is 9.37 Å². The average molecular weight is 737 g/mol. The smallest absolute Gasteiger partial charge is 0.226 e. The first-order chi connectivity index (χ1) is 25.2. The van der Waals surface area contributed by atoms with Crippen molar-refractivity contribution in [1.29, 1.82) is 5.26 Å². The predicted octanol–water partition coefficient (Wildman–Crippen LogP) is 9.18. The number of nitrogens with one attached hydrogen (secondary N) is 1. The number of carbonyl (C=O) groups excluding carboxylic acids is 1. The Hall–Kier alpha value is -4.00. The Morgan fingerprint density at radius 3 is 2.62 bits per heavy atom. The van der Waals surface area contributed by atoms with Crippen molar-refractivity contribution in [2.45, 2.75) is 83.2 Å². The minimum absolute atomic E-state index is 0.0653. The summed E-state index contributed by atoms with van der Waals surface area (Å²) in [5.74, 6) is 0.221. The molecular weight excluding hydrogens is 696 g/mol. The number of hydrogen-bond acceptors (Lipinski definition) is 5. The van der Waals surface area contributed by atoms with Crippen molar-refractivity contribution in [2.75, 3.05) is 13.1 Å². The van der Waals surface area contributed by atoms with Gasteiger partial charge in [-0.15, -0.1) is 0 Å². The van der Waals surface area contributed by atoms with E-state index in [1.165, 1.54) is 5.56 Å². The number of rotatable bonds is 9. The Bertz CT molecular complexity index is 2280. The second-order valence-electron chi connectivity index (χ2n) is 15.2. The number of likely N-dealkylation sites (tertiary alicyclic amines) is 1. The molecule has 3 aliphatic heterocycles. The first-order valence-corrected chi connectivity index (χ1v) is 19.2. The summed E-state index contributed by atoms with van der Waals surface area (Å²) in [4.78, 5) is 21.0. The van der Waals surface area contributed by atoms with Gasteiger partial charge >= 0.3 is 0 Å². The van der Waals surface area contributed by atoms with Crippen molar-refractivity contribution >= 4 is 50.9 Å². The van der Waals surface area contributed by atoms with Gasteiger partial charge < -0.3 is 19.5 Å². The molecule has 10 rings (SSSR count). The molecule has 2 bridgehead atoms. The monoisotopic (exact) mass is 735 g/mol. The van der Waals surface area contributed by atoms with Crippen LogP contribution in [0.1, 0.15) is 72.3 Å².